The van der Waals surface area contributed by atoms with Crippen LogP contribution >= 0.6 is 0 Å². The Bertz CT molecular complexity index is 905. The molecule has 134 valence electrons. The van der Waals surface area contributed by atoms with Crippen LogP contribution in [0.4, 0.5) is 5.82 Å². The van der Waals surface area contributed by atoms with Crippen molar-refractivity contribution in [2.75, 3.05) is 18.5 Å². The van der Waals surface area contributed by atoms with Gasteiger partial charge in [-0.3, -0.25) is 4.98 Å². The van der Waals surface area contributed by atoms with E-state index in [9.17, 15) is 0 Å². The minimum absolute atomic E-state index is 0.154. The highest BCUT2D eigenvalue weighted by atomic mass is 16.5. The third-order valence-corrected chi connectivity index (χ3v) is 5.05. The van der Waals surface area contributed by atoms with Crippen molar-refractivity contribution >= 4 is 16.6 Å². The first kappa shape index (κ1) is 16.9. The molecule has 1 N–H and O–H groups in total. The zero-order valence-electron chi connectivity index (χ0n) is 15.3. The first-order valence-electron chi connectivity index (χ1n) is 9.24. The quantitative estimate of drug-likeness (QED) is 0.770. The molecule has 0 bridgehead atoms. The van der Waals surface area contributed by atoms with Crippen LogP contribution in [0.1, 0.15) is 42.6 Å². The number of hydrogen-bond donors (Lipinski definition) is 1. The molecule has 0 saturated carbocycles. The van der Waals surface area contributed by atoms with Crippen LogP contribution in [-0.2, 0) is 4.74 Å². The predicted octanol–water partition coefficient (Wildman–Crippen LogP) is 4.08. The SMILES string of the molecule is Cc1cc(C(C)c2nnc(NC3CCCOC3)c3ccccc23)ccn1. The van der Waals surface area contributed by atoms with E-state index in [1.54, 1.807) is 0 Å². The summed E-state index contributed by atoms with van der Waals surface area (Å²) in [5.74, 6) is 0.999. The minimum atomic E-state index is 0.154. The van der Waals surface area contributed by atoms with Crippen molar-refractivity contribution in [1.29, 1.82) is 0 Å². The molecule has 5 heteroatoms. The van der Waals surface area contributed by atoms with Crippen molar-refractivity contribution in [2.24, 2.45) is 0 Å². The van der Waals surface area contributed by atoms with Crippen LogP contribution < -0.4 is 5.32 Å². The Labute approximate surface area is 153 Å². The van der Waals surface area contributed by atoms with Gasteiger partial charge in [0.05, 0.1) is 18.3 Å². The Morgan fingerprint density at radius 3 is 2.77 bits per heavy atom. The minimum Gasteiger partial charge on any atom is -0.379 e. The molecular weight excluding hydrogens is 324 g/mol. The lowest BCUT2D eigenvalue weighted by Crippen LogP contribution is -2.30. The van der Waals surface area contributed by atoms with Gasteiger partial charge in [0.25, 0.3) is 0 Å². The lowest BCUT2D eigenvalue weighted by atomic mass is 9.94. The molecule has 4 rings (SSSR count). The van der Waals surface area contributed by atoms with Crippen LogP contribution in [0.3, 0.4) is 0 Å². The van der Waals surface area contributed by atoms with Gasteiger partial charge in [-0.15, -0.1) is 5.10 Å². The Balaban J connectivity index is 1.71. The average molecular weight is 348 g/mol. The van der Waals surface area contributed by atoms with Crippen molar-refractivity contribution < 1.29 is 4.74 Å². The second-order valence-corrected chi connectivity index (χ2v) is 6.99. The second kappa shape index (κ2) is 7.38. The van der Waals surface area contributed by atoms with E-state index in [0.717, 1.165) is 54.0 Å². The molecule has 0 radical (unpaired) electrons. The second-order valence-electron chi connectivity index (χ2n) is 6.99. The van der Waals surface area contributed by atoms with E-state index in [0.29, 0.717) is 6.04 Å². The van der Waals surface area contributed by atoms with Gasteiger partial charge in [0.2, 0.25) is 0 Å². The highest BCUT2D eigenvalue weighted by Gasteiger charge is 2.19. The molecule has 5 nitrogen and oxygen atoms in total. The lowest BCUT2D eigenvalue weighted by Gasteiger charge is -2.24. The van der Waals surface area contributed by atoms with Gasteiger partial charge in [0.1, 0.15) is 0 Å². The molecule has 1 saturated heterocycles. The summed E-state index contributed by atoms with van der Waals surface area (Å²) in [6, 6.07) is 12.8. The standard InChI is InChI=1S/C21H24N4O/c1-14-12-16(9-10-22-14)15(2)20-18-7-3-4-8-19(18)21(25-24-20)23-17-6-5-11-26-13-17/h3-4,7-10,12,15,17H,5-6,11,13H2,1-2H3,(H,23,25). The molecular formula is C21H24N4O. The highest BCUT2D eigenvalue weighted by molar-refractivity contribution is 5.93. The molecule has 0 aliphatic carbocycles. The van der Waals surface area contributed by atoms with E-state index < -0.39 is 0 Å². The number of aryl methyl sites for hydroxylation is 1. The summed E-state index contributed by atoms with van der Waals surface area (Å²) in [5, 5.41) is 14.9. The fourth-order valence-corrected chi connectivity index (χ4v) is 3.59. The summed E-state index contributed by atoms with van der Waals surface area (Å²) in [5.41, 5.74) is 3.22. The van der Waals surface area contributed by atoms with Gasteiger partial charge in [-0.2, -0.15) is 5.10 Å². The number of nitrogens with zero attached hydrogens (tertiary/aromatic N) is 3. The van der Waals surface area contributed by atoms with Gasteiger partial charge in [-0.05, 0) is 37.5 Å². The molecule has 1 fully saturated rings. The fourth-order valence-electron chi connectivity index (χ4n) is 3.59. The number of nitrogens with one attached hydrogen (secondary N) is 1. The topological polar surface area (TPSA) is 59.9 Å². The van der Waals surface area contributed by atoms with Crippen LogP contribution in [0.2, 0.25) is 0 Å². The summed E-state index contributed by atoms with van der Waals surface area (Å²) in [4.78, 5) is 4.30. The van der Waals surface area contributed by atoms with Gasteiger partial charge < -0.3 is 10.1 Å². The van der Waals surface area contributed by atoms with E-state index >= 15 is 0 Å². The van der Waals surface area contributed by atoms with Gasteiger partial charge in [-0.1, -0.05) is 31.2 Å². The lowest BCUT2D eigenvalue weighted by molar-refractivity contribution is 0.0875. The Hall–Kier alpha value is -2.53. The number of fused-ring (bicyclic) bond motifs is 1. The Morgan fingerprint density at radius 1 is 1.15 bits per heavy atom. The normalized spacial score (nSPS) is 18.6. The van der Waals surface area contributed by atoms with Crippen molar-refractivity contribution in [1.82, 2.24) is 15.2 Å². The summed E-state index contributed by atoms with van der Waals surface area (Å²) in [6.07, 6.45) is 4.04. The van der Waals surface area contributed by atoms with Gasteiger partial charge in [0, 0.05) is 35.2 Å². The maximum Gasteiger partial charge on any atom is 0.156 e. The molecule has 1 aliphatic heterocycles. The van der Waals surface area contributed by atoms with E-state index in [1.165, 1.54) is 5.56 Å². The molecule has 0 spiro atoms. The number of anilines is 1. The molecule has 1 aliphatic rings. The fraction of sp³-hybridized carbons (Fsp3) is 0.381. The first-order chi connectivity index (χ1) is 12.7. The van der Waals surface area contributed by atoms with Crippen LogP contribution in [0, 0.1) is 6.92 Å². The first-order valence-corrected chi connectivity index (χ1v) is 9.24. The van der Waals surface area contributed by atoms with Crippen LogP contribution in [0.5, 0.6) is 0 Å². The van der Waals surface area contributed by atoms with Crippen LogP contribution in [0.25, 0.3) is 10.8 Å². The number of rotatable bonds is 4. The van der Waals surface area contributed by atoms with Gasteiger partial charge >= 0.3 is 0 Å². The molecule has 2 atom stereocenters. The number of aromatic nitrogens is 3. The third-order valence-electron chi connectivity index (χ3n) is 5.05. The summed E-state index contributed by atoms with van der Waals surface area (Å²) >= 11 is 0. The third kappa shape index (κ3) is 3.40. The molecule has 2 unspecified atom stereocenters. The van der Waals surface area contributed by atoms with Crippen LogP contribution in [-0.4, -0.2) is 34.4 Å². The molecule has 3 aromatic rings. The molecule has 26 heavy (non-hydrogen) atoms. The maximum absolute atomic E-state index is 5.58. The molecule has 1 aromatic carbocycles. The maximum atomic E-state index is 5.58. The van der Waals surface area contributed by atoms with Crippen LogP contribution in [0.15, 0.2) is 42.6 Å². The zero-order chi connectivity index (χ0) is 17.9. The van der Waals surface area contributed by atoms with Crippen molar-refractivity contribution in [3.8, 4) is 0 Å². The van der Waals surface area contributed by atoms with E-state index in [1.807, 2.05) is 13.1 Å². The van der Waals surface area contributed by atoms with E-state index in [2.05, 4.69) is 63.8 Å². The van der Waals surface area contributed by atoms with Crippen molar-refractivity contribution in [3.05, 3.63) is 59.5 Å². The number of benzene rings is 1. The monoisotopic (exact) mass is 348 g/mol. The predicted molar refractivity (Wildman–Crippen MR) is 103 cm³/mol. The molecule has 2 aromatic heterocycles. The Kier molecular flexibility index (Phi) is 4.80. The largest absolute Gasteiger partial charge is 0.379 e. The van der Waals surface area contributed by atoms with Gasteiger partial charge in [-0.25, -0.2) is 0 Å². The Morgan fingerprint density at radius 2 is 2.00 bits per heavy atom. The smallest absolute Gasteiger partial charge is 0.156 e. The van der Waals surface area contributed by atoms with Crippen molar-refractivity contribution in [2.45, 2.75) is 38.6 Å². The molecule has 0 amide bonds. The summed E-state index contributed by atoms with van der Waals surface area (Å²) in [7, 11) is 0. The van der Waals surface area contributed by atoms with E-state index in [4.69, 9.17) is 4.74 Å². The highest BCUT2D eigenvalue weighted by Crippen LogP contribution is 2.31. The zero-order valence-corrected chi connectivity index (χ0v) is 15.3. The van der Waals surface area contributed by atoms with E-state index in [-0.39, 0.29) is 5.92 Å². The molecule has 3 heterocycles. The number of pyridine rings is 1. The number of hydrogen-bond acceptors (Lipinski definition) is 5. The average Bonchev–Trinajstić information content (AvgIpc) is 2.68. The van der Waals surface area contributed by atoms with Crippen molar-refractivity contribution in [3.63, 3.8) is 0 Å². The summed E-state index contributed by atoms with van der Waals surface area (Å²) in [6.45, 7) is 5.77. The summed E-state index contributed by atoms with van der Waals surface area (Å²) < 4.78 is 5.58. The number of ether oxygens (including phenoxy) is 1. The van der Waals surface area contributed by atoms with Gasteiger partial charge in [0.15, 0.2) is 5.82 Å².